The van der Waals surface area contributed by atoms with Crippen molar-refractivity contribution in [2.75, 3.05) is 24.4 Å². The second-order valence-corrected chi connectivity index (χ2v) is 7.29. The number of carbonyl (C=O) groups is 2. The van der Waals surface area contributed by atoms with Crippen LogP contribution in [0.15, 0.2) is 29.2 Å². The van der Waals surface area contributed by atoms with Crippen molar-refractivity contribution in [3.8, 4) is 5.75 Å². The van der Waals surface area contributed by atoms with Crippen LogP contribution in [0.2, 0.25) is 0 Å². The number of amides is 1. The van der Waals surface area contributed by atoms with E-state index in [1.165, 1.54) is 0 Å². The first-order chi connectivity index (χ1) is 10.6. The maximum Gasteiger partial charge on any atom is 0.330 e. The zero-order valence-corrected chi connectivity index (χ0v) is 14.0. The summed E-state index contributed by atoms with van der Waals surface area (Å²) < 4.78 is 5.09. The lowest BCUT2D eigenvalue weighted by Gasteiger charge is -2.24. The molecule has 22 heavy (non-hydrogen) atoms. The lowest BCUT2D eigenvalue weighted by Crippen LogP contribution is -2.54. The van der Waals surface area contributed by atoms with E-state index in [2.05, 4.69) is 5.32 Å². The molecule has 0 aliphatic carbocycles. The number of benzene rings is 1. The Morgan fingerprint density at radius 1 is 1.41 bits per heavy atom. The van der Waals surface area contributed by atoms with E-state index < -0.39 is 11.5 Å². The molecule has 0 radical (unpaired) electrons. The van der Waals surface area contributed by atoms with E-state index in [4.69, 9.17) is 4.74 Å². The maximum absolute atomic E-state index is 12.0. The summed E-state index contributed by atoms with van der Waals surface area (Å²) in [5, 5.41) is 12.0. The van der Waals surface area contributed by atoms with Gasteiger partial charge in [-0.2, -0.15) is 11.8 Å². The fraction of sp³-hybridized carbons (Fsp3) is 0.467. The van der Waals surface area contributed by atoms with Gasteiger partial charge >= 0.3 is 5.97 Å². The molecule has 1 heterocycles. The first-order valence-electron chi connectivity index (χ1n) is 6.95. The van der Waals surface area contributed by atoms with E-state index in [1.54, 1.807) is 30.6 Å². The number of aliphatic carboxylic acids is 1. The largest absolute Gasteiger partial charge is 0.497 e. The number of thioether (sulfide) groups is 2. The Morgan fingerprint density at radius 3 is 2.68 bits per heavy atom. The minimum Gasteiger partial charge on any atom is -0.497 e. The van der Waals surface area contributed by atoms with Crippen molar-refractivity contribution in [3.05, 3.63) is 24.3 Å². The van der Waals surface area contributed by atoms with E-state index in [0.717, 1.165) is 16.4 Å². The number of carboxylic acids is 1. The van der Waals surface area contributed by atoms with Crippen LogP contribution in [0.5, 0.6) is 5.75 Å². The standard InChI is InChI=1S/C15H19NO4S2/c1-20-11-2-4-12(5-3-11)22-8-6-13(17)16-15(14(18)19)7-9-21-10-15/h2-5H,6-10H2,1H3,(H,16,17)(H,18,19). The van der Waals surface area contributed by atoms with Crippen molar-refractivity contribution in [2.24, 2.45) is 0 Å². The Hall–Kier alpha value is -1.34. The van der Waals surface area contributed by atoms with Gasteiger partial charge in [-0.25, -0.2) is 4.79 Å². The van der Waals surface area contributed by atoms with Crippen LogP contribution in [0, 0.1) is 0 Å². The predicted molar refractivity (Wildman–Crippen MR) is 88.8 cm³/mol. The van der Waals surface area contributed by atoms with Gasteiger partial charge in [-0.05, 0) is 36.4 Å². The van der Waals surface area contributed by atoms with Crippen molar-refractivity contribution >= 4 is 35.4 Å². The van der Waals surface area contributed by atoms with Crippen molar-refractivity contribution in [3.63, 3.8) is 0 Å². The highest BCUT2D eigenvalue weighted by Gasteiger charge is 2.43. The number of nitrogens with one attached hydrogen (secondary N) is 1. The lowest BCUT2D eigenvalue weighted by molar-refractivity contribution is -0.146. The third-order valence-corrected chi connectivity index (χ3v) is 5.67. The molecule has 1 aliphatic heterocycles. The number of hydrogen-bond acceptors (Lipinski definition) is 5. The molecule has 7 heteroatoms. The third-order valence-electron chi connectivity index (χ3n) is 3.47. The van der Waals surface area contributed by atoms with Crippen LogP contribution in [0.3, 0.4) is 0 Å². The van der Waals surface area contributed by atoms with Crippen molar-refractivity contribution in [2.45, 2.75) is 23.3 Å². The highest BCUT2D eigenvalue weighted by atomic mass is 32.2. The molecule has 120 valence electrons. The van der Waals surface area contributed by atoms with Crippen LogP contribution < -0.4 is 10.1 Å². The molecule has 2 N–H and O–H groups in total. The molecule has 0 saturated carbocycles. The number of hydrogen-bond donors (Lipinski definition) is 2. The van der Waals surface area contributed by atoms with Gasteiger partial charge in [-0.1, -0.05) is 0 Å². The van der Waals surface area contributed by atoms with Gasteiger partial charge in [0.15, 0.2) is 0 Å². The molecule has 1 atom stereocenters. The summed E-state index contributed by atoms with van der Waals surface area (Å²) in [4.78, 5) is 24.4. The van der Waals surface area contributed by atoms with Gasteiger partial charge in [0.05, 0.1) is 7.11 Å². The van der Waals surface area contributed by atoms with Crippen molar-refractivity contribution < 1.29 is 19.4 Å². The molecule has 1 amide bonds. The third kappa shape index (κ3) is 4.33. The molecule has 1 unspecified atom stereocenters. The van der Waals surface area contributed by atoms with Crippen LogP contribution in [-0.4, -0.2) is 46.9 Å². The van der Waals surface area contributed by atoms with E-state index in [0.29, 0.717) is 24.3 Å². The Labute approximate surface area is 138 Å². The number of carbonyl (C=O) groups excluding carboxylic acids is 1. The van der Waals surface area contributed by atoms with Gasteiger partial charge < -0.3 is 15.2 Å². The SMILES string of the molecule is COc1ccc(SCCC(=O)NC2(C(=O)O)CCSC2)cc1. The zero-order valence-electron chi connectivity index (χ0n) is 12.3. The summed E-state index contributed by atoms with van der Waals surface area (Å²) in [5.74, 6) is 1.48. The summed E-state index contributed by atoms with van der Waals surface area (Å²) in [6.45, 7) is 0. The average Bonchev–Trinajstić information content (AvgIpc) is 2.98. The van der Waals surface area contributed by atoms with Crippen LogP contribution in [0.25, 0.3) is 0 Å². The molecular weight excluding hydrogens is 322 g/mol. The lowest BCUT2D eigenvalue weighted by atomic mass is 9.99. The zero-order chi connectivity index (χ0) is 16.0. The van der Waals surface area contributed by atoms with Gasteiger partial charge in [0.2, 0.25) is 5.91 Å². The molecule has 2 rings (SSSR count). The number of rotatable bonds is 7. The molecule has 0 spiro atoms. The summed E-state index contributed by atoms with van der Waals surface area (Å²) in [6.07, 6.45) is 0.792. The topological polar surface area (TPSA) is 75.6 Å². The fourth-order valence-electron chi connectivity index (χ4n) is 2.15. The number of carboxylic acid groups (broad SMARTS) is 1. The van der Waals surface area contributed by atoms with E-state index >= 15 is 0 Å². The Balaban J connectivity index is 1.78. The quantitative estimate of drug-likeness (QED) is 0.741. The second kappa shape index (κ2) is 7.78. The average molecular weight is 341 g/mol. The summed E-state index contributed by atoms with van der Waals surface area (Å²) in [5.41, 5.74) is -1.08. The van der Waals surface area contributed by atoms with Gasteiger partial charge in [0, 0.05) is 22.8 Å². The van der Waals surface area contributed by atoms with Crippen LogP contribution >= 0.6 is 23.5 Å². The van der Waals surface area contributed by atoms with E-state index in [9.17, 15) is 14.7 Å². The molecule has 1 aromatic rings. The van der Waals surface area contributed by atoms with Gasteiger partial charge in [0.1, 0.15) is 11.3 Å². The van der Waals surface area contributed by atoms with Crippen molar-refractivity contribution in [1.82, 2.24) is 5.32 Å². The first kappa shape index (κ1) is 17.0. The number of methoxy groups -OCH3 is 1. The smallest absolute Gasteiger partial charge is 0.330 e. The minimum absolute atomic E-state index is 0.203. The van der Waals surface area contributed by atoms with Crippen LogP contribution in [0.4, 0.5) is 0 Å². The molecule has 0 bridgehead atoms. The minimum atomic E-state index is -1.08. The molecular formula is C15H19NO4S2. The highest BCUT2D eigenvalue weighted by Crippen LogP contribution is 2.28. The first-order valence-corrected chi connectivity index (χ1v) is 9.09. The normalized spacial score (nSPS) is 20.6. The Bertz CT molecular complexity index is 527. The molecule has 1 saturated heterocycles. The Morgan fingerprint density at radius 2 is 2.14 bits per heavy atom. The van der Waals surface area contributed by atoms with Gasteiger partial charge in [-0.3, -0.25) is 4.79 Å². The van der Waals surface area contributed by atoms with Gasteiger partial charge in [0.25, 0.3) is 0 Å². The molecule has 0 aromatic heterocycles. The molecule has 5 nitrogen and oxygen atoms in total. The second-order valence-electron chi connectivity index (χ2n) is 5.01. The Kier molecular flexibility index (Phi) is 6.02. The summed E-state index contributed by atoms with van der Waals surface area (Å²) >= 11 is 3.13. The monoisotopic (exact) mass is 341 g/mol. The predicted octanol–water partition coefficient (Wildman–Crippen LogP) is 2.25. The highest BCUT2D eigenvalue weighted by molar-refractivity contribution is 7.99. The maximum atomic E-state index is 12.0. The molecule has 1 aromatic carbocycles. The van der Waals surface area contributed by atoms with Crippen molar-refractivity contribution in [1.29, 1.82) is 0 Å². The summed E-state index contributed by atoms with van der Waals surface area (Å²) in [7, 11) is 1.62. The number of ether oxygens (including phenoxy) is 1. The molecule has 1 aliphatic rings. The van der Waals surface area contributed by atoms with E-state index in [-0.39, 0.29) is 5.91 Å². The van der Waals surface area contributed by atoms with E-state index in [1.807, 2.05) is 24.3 Å². The molecule has 1 fully saturated rings. The van der Waals surface area contributed by atoms with Crippen LogP contribution in [0.1, 0.15) is 12.8 Å². The summed E-state index contributed by atoms with van der Waals surface area (Å²) in [6, 6.07) is 7.62. The van der Waals surface area contributed by atoms with Crippen LogP contribution in [-0.2, 0) is 9.59 Å². The van der Waals surface area contributed by atoms with Gasteiger partial charge in [-0.15, -0.1) is 11.8 Å². The fourth-order valence-corrected chi connectivity index (χ4v) is 4.33.